The molecule has 0 aliphatic carbocycles. The number of nitrogens with one attached hydrogen (secondary N) is 2. The van der Waals surface area contributed by atoms with Crippen molar-refractivity contribution in [2.24, 2.45) is 0 Å². The third kappa shape index (κ3) is 5.46. The van der Waals surface area contributed by atoms with Gasteiger partial charge in [0, 0.05) is 25.2 Å². The summed E-state index contributed by atoms with van der Waals surface area (Å²) in [6.45, 7) is 4.19. The molecule has 1 aromatic heterocycles. The summed E-state index contributed by atoms with van der Waals surface area (Å²) in [5.41, 5.74) is -0.794. The van der Waals surface area contributed by atoms with E-state index in [1.54, 1.807) is 0 Å². The van der Waals surface area contributed by atoms with Gasteiger partial charge in [0.1, 0.15) is 5.82 Å². The van der Waals surface area contributed by atoms with E-state index >= 15 is 0 Å². The maximum atomic E-state index is 12.3. The van der Waals surface area contributed by atoms with Gasteiger partial charge in [-0.2, -0.15) is 13.2 Å². The Morgan fingerprint density at radius 1 is 1.40 bits per heavy atom. The molecule has 1 unspecified atom stereocenters. The van der Waals surface area contributed by atoms with Crippen molar-refractivity contribution < 1.29 is 18.0 Å². The van der Waals surface area contributed by atoms with Crippen molar-refractivity contribution in [3.63, 3.8) is 0 Å². The van der Waals surface area contributed by atoms with Crippen LogP contribution in [0.4, 0.5) is 19.0 Å². The van der Waals surface area contributed by atoms with Gasteiger partial charge < -0.3 is 10.6 Å². The molecule has 1 atom stereocenters. The first-order chi connectivity index (χ1) is 9.32. The number of hydrogen-bond acceptors (Lipinski definition) is 3. The largest absolute Gasteiger partial charge is 0.417 e. The lowest BCUT2D eigenvalue weighted by molar-refractivity contribution is -0.137. The quantitative estimate of drug-likeness (QED) is 0.846. The minimum Gasteiger partial charge on any atom is -0.370 e. The minimum atomic E-state index is -4.39. The molecule has 0 spiro atoms. The first-order valence-electron chi connectivity index (χ1n) is 6.39. The number of amides is 1. The highest BCUT2D eigenvalue weighted by atomic mass is 19.4. The van der Waals surface area contributed by atoms with Crippen LogP contribution < -0.4 is 10.6 Å². The van der Waals surface area contributed by atoms with E-state index in [2.05, 4.69) is 15.6 Å². The van der Waals surface area contributed by atoms with E-state index in [4.69, 9.17) is 0 Å². The second-order valence-corrected chi connectivity index (χ2v) is 4.48. The zero-order valence-electron chi connectivity index (χ0n) is 11.4. The van der Waals surface area contributed by atoms with E-state index in [1.165, 1.54) is 6.07 Å². The summed E-state index contributed by atoms with van der Waals surface area (Å²) in [6.07, 6.45) is -2.53. The molecule has 4 nitrogen and oxygen atoms in total. The topological polar surface area (TPSA) is 54.0 Å². The van der Waals surface area contributed by atoms with Gasteiger partial charge in [0.15, 0.2) is 0 Å². The van der Waals surface area contributed by atoms with Gasteiger partial charge in [0.05, 0.1) is 5.56 Å². The third-order valence-corrected chi connectivity index (χ3v) is 2.77. The van der Waals surface area contributed by atoms with Crippen LogP contribution in [0, 0.1) is 0 Å². The van der Waals surface area contributed by atoms with Gasteiger partial charge in [-0.1, -0.05) is 6.92 Å². The van der Waals surface area contributed by atoms with Gasteiger partial charge in [0.2, 0.25) is 5.91 Å². The molecule has 112 valence electrons. The molecule has 0 saturated carbocycles. The summed E-state index contributed by atoms with van der Waals surface area (Å²) in [6, 6.07) is 2.32. The number of anilines is 1. The molecule has 0 aromatic carbocycles. The van der Waals surface area contributed by atoms with Crippen molar-refractivity contribution in [3.8, 4) is 0 Å². The van der Waals surface area contributed by atoms with Gasteiger partial charge >= 0.3 is 6.18 Å². The van der Waals surface area contributed by atoms with Crippen molar-refractivity contribution in [3.05, 3.63) is 23.9 Å². The van der Waals surface area contributed by atoms with Crippen LogP contribution in [0.5, 0.6) is 0 Å². The number of alkyl halides is 3. The number of rotatable bonds is 6. The molecular formula is C13H18F3N3O. The fourth-order valence-electron chi connectivity index (χ4n) is 1.42. The van der Waals surface area contributed by atoms with Crippen LogP contribution in [0.3, 0.4) is 0 Å². The molecule has 0 aliphatic heterocycles. The smallest absolute Gasteiger partial charge is 0.370 e. The van der Waals surface area contributed by atoms with Crippen molar-refractivity contribution in [1.29, 1.82) is 0 Å². The molecule has 20 heavy (non-hydrogen) atoms. The molecule has 0 saturated heterocycles. The molecule has 0 aliphatic rings. The fraction of sp³-hybridized carbons (Fsp3) is 0.538. The van der Waals surface area contributed by atoms with Gasteiger partial charge in [-0.15, -0.1) is 0 Å². The normalized spacial score (nSPS) is 12.8. The van der Waals surface area contributed by atoms with Gasteiger partial charge in [0.25, 0.3) is 0 Å². The molecule has 0 radical (unpaired) electrons. The average molecular weight is 289 g/mol. The van der Waals surface area contributed by atoms with Gasteiger partial charge in [-0.3, -0.25) is 4.79 Å². The Labute approximate surface area is 115 Å². The zero-order chi connectivity index (χ0) is 15.2. The van der Waals surface area contributed by atoms with E-state index in [9.17, 15) is 18.0 Å². The van der Waals surface area contributed by atoms with Crippen molar-refractivity contribution in [2.75, 3.05) is 11.9 Å². The van der Waals surface area contributed by atoms with Crippen molar-refractivity contribution in [1.82, 2.24) is 10.3 Å². The van der Waals surface area contributed by atoms with Crippen LogP contribution in [0.15, 0.2) is 18.3 Å². The second kappa shape index (κ2) is 7.12. The molecule has 7 heteroatoms. The summed E-state index contributed by atoms with van der Waals surface area (Å²) in [4.78, 5) is 15.1. The molecule has 1 heterocycles. The number of hydrogen-bond donors (Lipinski definition) is 2. The van der Waals surface area contributed by atoms with E-state index in [0.29, 0.717) is 12.4 Å². The van der Waals surface area contributed by atoms with Crippen LogP contribution in [0.25, 0.3) is 0 Å². The molecule has 0 bridgehead atoms. The van der Waals surface area contributed by atoms with Crippen molar-refractivity contribution in [2.45, 2.75) is 38.9 Å². The summed E-state index contributed by atoms with van der Waals surface area (Å²) < 4.78 is 37.0. The highest BCUT2D eigenvalue weighted by Crippen LogP contribution is 2.28. The summed E-state index contributed by atoms with van der Waals surface area (Å²) >= 11 is 0. The molecule has 0 fully saturated rings. The Bertz CT molecular complexity index is 431. The Balaban J connectivity index is 2.37. The Morgan fingerprint density at radius 2 is 2.10 bits per heavy atom. The number of halogens is 3. The lowest BCUT2D eigenvalue weighted by Gasteiger charge is -2.12. The highest BCUT2D eigenvalue weighted by molar-refractivity contribution is 5.76. The van der Waals surface area contributed by atoms with Crippen LogP contribution in [0.1, 0.15) is 32.3 Å². The van der Waals surface area contributed by atoms with Crippen molar-refractivity contribution >= 4 is 11.7 Å². The molecule has 2 N–H and O–H groups in total. The Hall–Kier alpha value is -1.79. The second-order valence-electron chi connectivity index (χ2n) is 4.48. The van der Waals surface area contributed by atoms with E-state index in [1.807, 2.05) is 13.8 Å². The monoisotopic (exact) mass is 289 g/mol. The number of aromatic nitrogens is 1. The van der Waals surface area contributed by atoms with Crippen LogP contribution >= 0.6 is 0 Å². The summed E-state index contributed by atoms with van der Waals surface area (Å²) in [7, 11) is 0. The van der Waals surface area contributed by atoms with E-state index < -0.39 is 11.7 Å². The van der Waals surface area contributed by atoms with E-state index in [0.717, 1.165) is 18.7 Å². The molecule has 1 amide bonds. The third-order valence-electron chi connectivity index (χ3n) is 2.77. The predicted molar refractivity (Wildman–Crippen MR) is 70.2 cm³/mol. The van der Waals surface area contributed by atoms with Crippen LogP contribution in [0.2, 0.25) is 0 Å². The maximum absolute atomic E-state index is 12.3. The Kier molecular flexibility index (Phi) is 5.79. The SMILES string of the molecule is CCC(C)NC(=O)CCNc1ccc(C(F)(F)F)cn1. The summed E-state index contributed by atoms with van der Waals surface area (Å²) in [5, 5.41) is 5.60. The standard InChI is InChI=1S/C13H18F3N3O/c1-3-9(2)19-12(20)6-7-17-11-5-4-10(8-18-11)13(14,15)16/h4-5,8-9H,3,6-7H2,1-2H3,(H,17,18)(H,19,20). The fourth-order valence-corrected chi connectivity index (χ4v) is 1.42. The van der Waals surface area contributed by atoms with Gasteiger partial charge in [-0.25, -0.2) is 4.98 Å². The van der Waals surface area contributed by atoms with Crippen LogP contribution in [-0.2, 0) is 11.0 Å². The Morgan fingerprint density at radius 3 is 2.60 bits per heavy atom. The zero-order valence-corrected chi connectivity index (χ0v) is 11.4. The highest BCUT2D eigenvalue weighted by Gasteiger charge is 2.30. The number of carbonyl (C=O) groups excluding carboxylic acids is 1. The predicted octanol–water partition coefficient (Wildman–Crippen LogP) is 2.82. The molecule has 1 rings (SSSR count). The first kappa shape index (κ1) is 16.3. The minimum absolute atomic E-state index is 0.0984. The van der Waals surface area contributed by atoms with E-state index in [-0.39, 0.29) is 18.4 Å². The molecular weight excluding hydrogens is 271 g/mol. The van der Waals surface area contributed by atoms with Crippen LogP contribution in [-0.4, -0.2) is 23.5 Å². The lowest BCUT2D eigenvalue weighted by atomic mass is 10.2. The maximum Gasteiger partial charge on any atom is 0.417 e. The number of pyridine rings is 1. The number of nitrogens with zero attached hydrogens (tertiary/aromatic N) is 1. The number of carbonyl (C=O) groups is 1. The molecule has 1 aromatic rings. The van der Waals surface area contributed by atoms with Gasteiger partial charge in [-0.05, 0) is 25.5 Å². The lowest BCUT2D eigenvalue weighted by Crippen LogP contribution is -2.33. The first-order valence-corrected chi connectivity index (χ1v) is 6.39. The average Bonchev–Trinajstić information content (AvgIpc) is 2.38. The summed E-state index contributed by atoms with van der Waals surface area (Å²) in [5.74, 6) is 0.216.